The molecule has 0 radical (unpaired) electrons. The number of aromatic carboxylic acids is 1. The Morgan fingerprint density at radius 3 is 2.23 bits per heavy atom. The Morgan fingerprint density at radius 2 is 1.73 bits per heavy atom. The highest BCUT2D eigenvalue weighted by molar-refractivity contribution is 5.97. The summed E-state index contributed by atoms with van der Waals surface area (Å²) < 4.78 is 5.15. The fourth-order valence-electron chi connectivity index (χ4n) is 2.23. The van der Waals surface area contributed by atoms with Gasteiger partial charge in [0.15, 0.2) is 0 Å². The lowest BCUT2D eigenvalue weighted by Gasteiger charge is -2.19. The number of hydrogen-bond donors (Lipinski definition) is 2. The monoisotopic (exact) mass is 358 g/mol. The van der Waals surface area contributed by atoms with Crippen molar-refractivity contribution in [1.82, 2.24) is 0 Å². The number of nitrogens with one attached hydrogen (secondary N) is 1. The van der Waals surface area contributed by atoms with Crippen LogP contribution in [0.1, 0.15) is 31.1 Å². The predicted molar refractivity (Wildman–Crippen MR) is 95.3 cm³/mol. The van der Waals surface area contributed by atoms with Gasteiger partial charge in [0, 0.05) is 23.4 Å². The molecule has 0 unspecified atom stereocenters. The molecule has 0 saturated carbocycles. The van der Waals surface area contributed by atoms with E-state index in [1.807, 2.05) is 0 Å². The highest BCUT2D eigenvalue weighted by atomic mass is 16.6. The zero-order valence-electron chi connectivity index (χ0n) is 14.5. The highest BCUT2D eigenvalue weighted by Gasteiger charge is 2.18. The summed E-state index contributed by atoms with van der Waals surface area (Å²) in [5, 5.41) is 22.8. The quantitative estimate of drug-likeness (QED) is 0.621. The van der Waals surface area contributed by atoms with Crippen molar-refractivity contribution in [2.45, 2.75) is 26.4 Å². The van der Waals surface area contributed by atoms with Crippen LogP contribution in [0.2, 0.25) is 0 Å². The normalized spacial score (nSPS) is 10.9. The first-order valence-corrected chi connectivity index (χ1v) is 7.69. The molecule has 26 heavy (non-hydrogen) atoms. The number of non-ortho nitro benzene ring substituents is 1. The number of benzene rings is 2. The zero-order chi connectivity index (χ0) is 19.5. The molecule has 8 heteroatoms. The second-order valence-electron chi connectivity index (χ2n) is 6.50. The van der Waals surface area contributed by atoms with E-state index in [9.17, 15) is 24.8 Å². The fourth-order valence-corrected chi connectivity index (χ4v) is 2.23. The number of anilines is 1. The van der Waals surface area contributed by atoms with Gasteiger partial charge in [-0.1, -0.05) is 12.1 Å². The first-order valence-electron chi connectivity index (χ1n) is 7.69. The van der Waals surface area contributed by atoms with Crippen LogP contribution in [0.25, 0.3) is 11.1 Å². The van der Waals surface area contributed by atoms with Gasteiger partial charge in [0.25, 0.3) is 5.69 Å². The third kappa shape index (κ3) is 4.79. The van der Waals surface area contributed by atoms with Crippen molar-refractivity contribution in [2.75, 3.05) is 5.32 Å². The third-order valence-electron chi connectivity index (χ3n) is 3.29. The summed E-state index contributed by atoms with van der Waals surface area (Å²) in [5.41, 5.74) is 0.245. The zero-order valence-corrected chi connectivity index (χ0v) is 14.5. The number of amides is 1. The number of carbonyl (C=O) groups excluding carboxylic acids is 1. The maximum Gasteiger partial charge on any atom is 0.412 e. The first kappa shape index (κ1) is 18.9. The molecule has 2 aromatic carbocycles. The predicted octanol–water partition coefficient (Wildman–Crippen LogP) is 4.31. The van der Waals surface area contributed by atoms with Gasteiger partial charge in [0.05, 0.1) is 10.5 Å². The largest absolute Gasteiger partial charge is 0.478 e. The Bertz CT molecular complexity index is 853. The maximum absolute atomic E-state index is 11.8. The van der Waals surface area contributed by atoms with Gasteiger partial charge in [-0.15, -0.1) is 0 Å². The lowest BCUT2D eigenvalue weighted by atomic mass is 9.98. The Labute approximate surface area is 149 Å². The summed E-state index contributed by atoms with van der Waals surface area (Å²) >= 11 is 0. The minimum absolute atomic E-state index is 0.0524. The molecule has 0 spiro atoms. The summed E-state index contributed by atoms with van der Waals surface area (Å²) in [6, 6.07) is 9.80. The molecule has 0 aliphatic rings. The number of nitro groups is 1. The molecule has 2 N–H and O–H groups in total. The van der Waals surface area contributed by atoms with Crippen molar-refractivity contribution in [3.8, 4) is 11.1 Å². The molecule has 0 fully saturated rings. The minimum atomic E-state index is -1.19. The van der Waals surface area contributed by atoms with Crippen LogP contribution in [0.15, 0.2) is 42.5 Å². The first-order chi connectivity index (χ1) is 12.1. The van der Waals surface area contributed by atoms with Crippen LogP contribution in [0, 0.1) is 10.1 Å². The van der Waals surface area contributed by atoms with E-state index in [4.69, 9.17) is 4.74 Å². The number of nitro benzene ring substituents is 1. The molecular formula is C18H18N2O6. The van der Waals surface area contributed by atoms with Crippen molar-refractivity contribution in [1.29, 1.82) is 0 Å². The summed E-state index contributed by atoms with van der Waals surface area (Å²) in [6.45, 7) is 5.22. The van der Waals surface area contributed by atoms with E-state index >= 15 is 0 Å². The van der Waals surface area contributed by atoms with E-state index < -0.39 is 22.6 Å². The van der Waals surface area contributed by atoms with Crippen molar-refractivity contribution in [2.24, 2.45) is 0 Å². The van der Waals surface area contributed by atoms with Gasteiger partial charge >= 0.3 is 12.1 Å². The maximum atomic E-state index is 11.8. The van der Waals surface area contributed by atoms with Crippen molar-refractivity contribution in [3.63, 3.8) is 0 Å². The average molecular weight is 358 g/mol. The van der Waals surface area contributed by atoms with E-state index in [0.29, 0.717) is 11.3 Å². The lowest BCUT2D eigenvalue weighted by Crippen LogP contribution is -2.27. The summed E-state index contributed by atoms with van der Waals surface area (Å²) in [4.78, 5) is 33.5. The molecule has 8 nitrogen and oxygen atoms in total. The van der Waals surface area contributed by atoms with Crippen molar-refractivity contribution in [3.05, 3.63) is 58.1 Å². The van der Waals surface area contributed by atoms with Gasteiger partial charge in [-0.3, -0.25) is 15.4 Å². The Kier molecular flexibility index (Phi) is 5.25. The molecule has 2 aromatic rings. The lowest BCUT2D eigenvalue weighted by molar-refractivity contribution is -0.384. The molecule has 0 aliphatic carbocycles. The molecule has 0 heterocycles. The van der Waals surface area contributed by atoms with Crippen LogP contribution in [-0.4, -0.2) is 27.7 Å². The molecule has 0 atom stereocenters. The number of nitrogens with zero attached hydrogens (tertiary/aromatic N) is 1. The van der Waals surface area contributed by atoms with Crippen LogP contribution in [0.4, 0.5) is 16.2 Å². The molecule has 1 amide bonds. The van der Waals surface area contributed by atoms with Crippen LogP contribution >= 0.6 is 0 Å². The third-order valence-corrected chi connectivity index (χ3v) is 3.29. The molecule has 0 saturated heterocycles. The van der Waals surface area contributed by atoms with E-state index in [1.54, 1.807) is 45.0 Å². The Hall–Kier alpha value is -3.42. The van der Waals surface area contributed by atoms with Gasteiger partial charge in [-0.2, -0.15) is 0 Å². The Balaban J connectivity index is 2.30. The fraction of sp³-hybridized carbons (Fsp3) is 0.222. The average Bonchev–Trinajstić information content (AvgIpc) is 2.53. The second kappa shape index (κ2) is 7.22. The van der Waals surface area contributed by atoms with Gasteiger partial charge in [-0.05, 0) is 44.5 Å². The number of carboxylic acid groups (broad SMARTS) is 1. The minimum Gasteiger partial charge on any atom is -0.478 e. The topological polar surface area (TPSA) is 119 Å². The van der Waals surface area contributed by atoms with Crippen LogP contribution in [0.3, 0.4) is 0 Å². The Morgan fingerprint density at radius 1 is 1.12 bits per heavy atom. The van der Waals surface area contributed by atoms with Crippen molar-refractivity contribution < 1.29 is 24.4 Å². The van der Waals surface area contributed by atoms with Crippen LogP contribution in [0.5, 0.6) is 0 Å². The van der Waals surface area contributed by atoms with Crippen molar-refractivity contribution >= 4 is 23.4 Å². The molecular weight excluding hydrogens is 340 g/mol. The summed E-state index contributed by atoms with van der Waals surface area (Å²) in [7, 11) is 0. The van der Waals surface area contributed by atoms with Gasteiger partial charge in [-0.25, -0.2) is 9.59 Å². The van der Waals surface area contributed by atoms with Gasteiger partial charge in [0.2, 0.25) is 0 Å². The van der Waals surface area contributed by atoms with E-state index in [1.165, 1.54) is 12.1 Å². The number of carboxylic acids is 1. The molecule has 136 valence electrons. The highest BCUT2D eigenvalue weighted by Crippen LogP contribution is 2.29. The van der Waals surface area contributed by atoms with E-state index in [0.717, 1.165) is 6.07 Å². The molecule has 0 aromatic heterocycles. The number of carbonyl (C=O) groups is 2. The summed E-state index contributed by atoms with van der Waals surface area (Å²) in [5.74, 6) is -1.19. The molecule has 0 aliphatic heterocycles. The number of rotatable bonds is 4. The van der Waals surface area contributed by atoms with E-state index in [2.05, 4.69) is 5.32 Å². The molecule has 0 bridgehead atoms. The van der Waals surface area contributed by atoms with Gasteiger partial charge in [0.1, 0.15) is 5.60 Å². The van der Waals surface area contributed by atoms with Crippen LogP contribution in [-0.2, 0) is 4.74 Å². The number of hydrogen-bond acceptors (Lipinski definition) is 5. The van der Waals surface area contributed by atoms with Crippen LogP contribution < -0.4 is 5.32 Å². The summed E-state index contributed by atoms with van der Waals surface area (Å²) in [6.07, 6.45) is -0.619. The van der Waals surface area contributed by atoms with E-state index in [-0.39, 0.29) is 16.8 Å². The molecule has 2 rings (SSSR count). The number of ether oxygens (including phenoxy) is 1. The smallest absolute Gasteiger partial charge is 0.412 e. The standard InChI is InChI=1S/C18H18N2O6/c1-18(2,3)26-17(23)19-12-6-4-11(5-7-12)15-10-13(20(24)25)8-9-14(15)16(21)22/h4-10H,1-3H3,(H,19,23)(H,21,22). The second-order valence-corrected chi connectivity index (χ2v) is 6.50. The van der Waals surface area contributed by atoms with Gasteiger partial charge < -0.3 is 9.84 Å². The SMILES string of the molecule is CC(C)(C)OC(=O)Nc1ccc(-c2cc([N+](=O)[O-])ccc2C(=O)O)cc1.